The number of rotatable bonds is 6. The number of hydrogen-bond acceptors (Lipinski definition) is 7. The number of nitrogens with two attached hydrogens (primary N) is 1. The first-order chi connectivity index (χ1) is 14.5. The van der Waals surface area contributed by atoms with Gasteiger partial charge in [0.15, 0.2) is 0 Å². The lowest BCUT2D eigenvalue weighted by molar-refractivity contribution is 0.182. The third kappa shape index (κ3) is 4.38. The molecule has 2 atom stereocenters. The van der Waals surface area contributed by atoms with Crippen molar-refractivity contribution in [1.82, 2.24) is 9.97 Å². The van der Waals surface area contributed by atoms with E-state index in [1.54, 1.807) is 36.4 Å². The van der Waals surface area contributed by atoms with Crippen LogP contribution in [0.2, 0.25) is 0 Å². The number of nitrogens with one attached hydrogen (secondary N) is 2. The SMILES string of the molecule is N=C(c1ccc(Oc2ccc(F)cc2)cc1)c1c(N)ncnc1NC1CCC(O)C1. The van der Waals surface area contributed by atoms with Crippen LogP contribution in [0, 0.1) is 11.2 Å². The molecule has 5 N–H and O–H groups in total. The summed E-state index contributed by atoms with van der Waals surface area (Å²) in [5.74, 6) is 1.45. The fourth-order valence-corrected chi connectivity index (χ4v) is 3.51. The van der Waals surface area contributed by atoms with Crippen LogP contribution >= 0.6 is 0 Å². The van der Waals surface area contributed by atoms with E-state index in [0.29, 0.717) is 34.9 Å². The molecule has 8 heteroatoms. The first-order valence-corrected chi connectivity index (χ1v) is 9.67. The number of nitrogen functional groups attached to an aromatic ring is 1. The van der Waals surface area contributed by atoms with E-state index in [2.05, 4.69) is 15.3 Å². The Morgan fingerprint density at radius 1 is 1.07 bits per heavy atom. The summed E-state index contributed by atoms with van der Waals surface area (Å²) in [6.45, 7) is 0. The zero-order valence-electron chi connectivity index (χ0n) is 16.2. The van der Waals surface area contributed by atoms with E-state index < -0.39 is 0 Å². The number of halogens is 1. The topological polar surface area (TPSA) is 117 Å². The van der Waals surface area contributed by atoms with Gasteiger partial charge in [0, 0.05) is 11.6 Å². The van der Waals surface area contributed by atoms with Gasteiger partial charge in [0.2, 0.25) is 0 Å². The van der Waals surface area contributed by atoms with Crippen molar-refractivity contribution in [3.8, 4) is 11.5 Å². The molecule has 0 radical (unpaired) electrons. The molecule has 1 aliphatic carbocycles. The summed E-state index contributed by atoms with van der Waals surface area (Å²) in [4.78, 5) is 8.31. The average Bonchev–Trinajstić information content (AvgIpc) is 3.15. The summed E-state index contributed by atoms with van der Waals surface area (Å²) < 4.78 is 18.7. The predicted octanol–water partition coefficient (Wildman–Crippen LogP) is 3.73. The predicted molar refractivity (Wildman–Crippen MR) is 113 cm³/mol. The molecule has 2 unspecified atom stereocenters. The lowest BCUT2D eigenvalue weighted by atomic mass is 10.0. The number of benzene rings is 2. The molecule has 0 saturated heterocycles. The Bertz CT molecular complexity index is 1040. The van der Waals surface area contributed by atoms with E-state index in [1.165, 1.54) is 18.5 Å². The fraction of sp³-hybridized carbons (Fsp3) is 0.227. The molecule has 0 aliphatic heterocycles. The zero-order valence-corrected chi connectivity index (χ0v) is 16.2. The van der Waals surface area contributed by atoms with Gasteiger partial charge in [-0.2, -0.15) is 0 Å². The van der Waals surface area contributed by atoms with Gasteiger partial charge in [-0.3, -0.25) is 5.41 Å². The highest BCUT2D eigenvalue weighted by atomic mass is 19.1. The number of hydrogen-bond donors (Lipinski definition) is 4. The van der Waals surface area contributed by atoms with Crippen molar-refractivity contribution in [1.29, 1.82) is 5.41 Å². The number of aliphatic hydroxyl groups is 1. The molecule has 0 spiro atoms. The summed E-state index contributed by atoms with van der Waals surface area (Å²) in [6.07, 6.45) is 3.23. The first-order valence-electron chi connectivity index (χ1n) is 9.67. The van der Waals surface area contributed by atoms with Crippen molar-refractivity contribution in [2.75, 3.05) is 11.1 Å². The highest BCUT2D eigenvalue weighted by Crippen LogP contribution is 2.28. The molecule has 30 heavy (non-hydrogen) atoms. The Balaban J connectivity index is 1.53. The molecule has 154 valence electrons. The Kier molecular flexibility index (Phi) is 5.58. The van der Waals surface area contributed by atoms with Crippen LogP contribution in [0.1, 0.15) is 30.4 Å². The second kappa shape index (κ2) is 8.46. The van der Waals surface area contributed by atoms with Gasteiger partial charge < -0.3 is 20.9 Å². The van der Waals surface area contributed by atoms with Crippen molar-refractivity contribution in [2.24, 2.45) is 0 Å². The molecule has 1 aliphatic rings. The van der Waals surface area contributed by atoms with Crippen LogP contribution in [-0.2, 0) is 0 Å². The maximum Gasteiger partial charge on any atom is 0.141 e. The molecular formula is C22H22FN5O2. The molecule has 0 bridgehead atoms. The minimum absolute atomic E-state index is 0.0762. The van der Waals surface area contributed by atoms with Crippen molar-refractivity contribution in [2.45, 2.75) is 31.4 Å². The summed E-state index contributed by atoms with van der Waals surface area (Å²) >= 11 is 0. The molecule has 3 aromatic rings. The molecule has 1 saturated carbocycles. The van der Waals surface area contributed by atoms with Gasteiger partial charge in [-0.05, 0) is 67.8 Å². The van der Waals surface area contributed by atoms with Gasteiger partial charge in [-0.15, -0.1) is 0 Å². The van der Waals surface area contributed by atoms with Crippen LogP contribution in [-0.4, -0.2) is 32.9 Å². The Hall–Kier alpha value is -3.52. The van der Waals surface area contributed by atoms with E-state index >= 15 is 0 Å². The molecule has 1 aromatic heterocycles. The van der Waals surface area contributed by atoms with E-state index in [4.69, 9.17) is 15.9 Å². The maximum absolute atomic E-state index is 13.0. The number of nitrogens with zero attached hydrogens (tertiary/aromatic N) is 2. The Morgan fingerprint density at radius 3 is 2.37 bits per heavy atom. The van der Waals surface area contributed by atoms with Crippen LogP contribution in [0.3, 0.4) is 0 Å². The fourth-order valence-electron chi connectivity index (χ4n) is 3.51. The van der Waals surface area contributed by atoms with E-state index in [-0.39, 0.29) is 29.5 Å². The van der Waals surface area contributed by atoms with E-state index in [0.717, 1.165) is 12.8 Å². The minimum Gasteiger partial charge on any atom is -0.457 e. The van der Waals surface area contributed by atoms with Crippen molar-refractivity contribution < 1.29 is 14.2 Å². The average molecular weight is 407 g/mol. The van der Waals surface area contributed by atoms with E-state index in [1.807, 2.05) is 0 Å². The number of aliphatic hydroxyl groups excluding tert-OH is 1. The molecular weight excluding hydrogens is 385 g/mol. The molecule has 1 heterocycles. The Morgan fingerprint density at radius 2 is 1.73 bits per heavy atom. The van der Waals surface area contributed by atoms with Gasteiger partial charge in [0.1, 0.15) is 35.3 Å². The van der Waals surface area contributed by atoms with Crippen molar-refractivity contribution >= 4 is 17.3 Å². The van der Waals surface area contributed by atoms with Crippen molar-refractivity contribution in [3.05, 3.63) is 71.8 Å². The quantitative estimate of drug-likeness (QED) is 0.463. The van der Waals surface area contributed by atoms with Crippen LogP contribution < -0.4 is 15.8 Å². The largest absolute Gasteiger partial charge is 0.457 e. The summed E-state index contributed by atoms with van der Waals surface area (Å²) in [5.41, 5.74) is 7.30. The van der Waals surface area contributed by atoms with Crippen LogP contribution in [0.4, 0.5) is 16.0 Å². The molecule has 4 rings (SSSR count). The lowest BCUT2D eigenvalue weighted by Gasteiger charge is -2.17. The summed E-state index contributed by atoms with van der Waals surface area (Å²) in [5, 5.41) is 21.7. The highest BCUT2D eigenvalue weighted by molar-refractivity contribution is 6.16. The second-order valence-electron chi connectivity index (χ2n) is 7.25. The normalized spacial score (nSPS) is 18.2. The molecule has 0 amide bonds. The van der Waals surface area contributed by atoms with Gasteiger partial charge in [-0.25, -0.2) is 14.4 Å². The smallest absolute Gasteiger partial charge is 0.141 e. The second-order valence-corrected chi connectivity index (χ2v) is 7.25. The van der Waals surface area contributed by atoms with Gasteiger partial charge >= 0.3 is 0 Å². The summed E-state index contributed by atoms with van der Waals surface area (Å²) in [6, 6.07) is 12.8. The number of aromatic nitrogens is 2. The monoisotopic (exact) mass is 407 g/mol. The van der Waals surface area contributed by atoms with Gasteiger partial charge in [0.05, 0.1) is 17.4 Å². The highest BCUT2D eigenvalue weighted by Gasteiger charge is 2.25. The molecule has 7 nitrogen and oxygen atoms in total. The maximum atomic E-state index is 13.0. The van der Waals surface area contributed by atoms with E-state index in [9.17, 15) is 9.50 Å². The molecule has 2 aromatic carbocycles. The van der Waals surface area contributed by atoms with Gasteiger partial charge in [-0.1, -0.05) is 0 Å². The van der Waals surface area contributed by atoms with Crippen LogP contribution in [0.25, 0.3) is 0 Å². The lowest BCUT2D eigenvalue weighted by Crippen LogP contribution is -2.21. The first kappa shape index (κ1) is 19.8. The minimum atomic E-state index is -0.328. The standard InChI is InChI=1S/C22H22FN5O2/c23-14-3-9-18(10-4-14)30-17-7-1-13(2-8-17)20(24)19-21(25)26-12-27-22(19)28-15-5-6-16(29)11-15/h1-4,7-10,12,15-16,24,29H,5-6,11H2,(H3,25,26,27,28). The van der Waals surface area contributed by atoms with Crippen LogP contribution in [0.5, 0.6) is 11.5 Å². The third-order valence-electron chi connectivity index (χ3n) is 5.06. The van der Waals surface area contributed by atoms with Crippen molar-refractivity contribution in [3.63, 3.8) is 0 Å². The van der Waals surface area contributed by atoms with Crippen LogP contribution in [0.15, 0.2) is 54.9 Å². The number of ether oxygens (including phenoxy) is 1. The van der Waals surface area contributed by atoms with Gasteiger partial charge in [0.25, 0.3) is 0 Å². The number of anilines is 2. The third-order valence-corrected chi connectivity index (χ3v) is 5.06. The Labute approximate surface area is 173 Å². The summed E-state index contributed by atoms with van der Waals surface area (Å²) in [7, 11) is 0. The zero-order chi connectivity index (χ0) is 21.1. The molecule has 1 fully saturated rings.